The Morgan fingerprint density at radius 2 is 2.20 bits per heavy atom. The third-order valence-electron chi connectivity index (χ3n) is 4.18. The number of nitrogens with zero attached hydrogens (tertiary/aromatic N) is 2. The van der Waals surface area contributed by atoms with Crippen molar-refractivity contribution in [2.45, 2.75) is 38.1 Å². The second-order valence-corrected chi connectivity index (χ2v) is 5.72. The van der Waals surface area contributed by atoms with Gasteiger partial charge in [0.15, 0.2) is 0 Å². The molecule has 0 amide bonds. The van der Waals surface area contributed by atoms with Crippen LogP contribution in [0.1, 0.15) is 42.0 Å². The summed E-state index contributed by atoms with van der Waals surface area (Å²) in [4.78, 5) is 0. The van der Waals surface area contributed by atoms with Crippen LogP contribution in [0.15, 0.2) is 36.7 Å². The number of benzene rings is 1. The van der Waals surface area contributed by atoms with E-state index >= 15 is 0 Å². The van der Waals surface area contributed by atoms with Crippen LogP contribution < -0.4 is 5.32 Å². The maximum absolute atomic E-state index is 4.22. The van der Waals surface area contributed by atoms with Crippen LogP contribution in [-0.2, 0) is 19.9 Å². The van der Waals surface area contributed by atoms with Crippen molar-refractivity contribution in [2.24, 2.45) is 7.05 Å². The SMILES string of the molecule is Cn1cc(CCNC2CCCCc3ccccc32)cn1. The summed E-state index contributed by atoms with van der Waals surface area (Å²) in [6.45, 7) is 1.02. The van der Waals surface area contributed by atoms with Crippen molar-refractivity contribution >= 4 is 0 Å². The molecule has 1 unspecified atom stereocenters. The highest BCUT2D eigenvalue weighted by atomic mass is 15.2. The Morgan fingerprint density at radius 3 is 3.05 bits per heavy atom. The van der Waals surface area contributed by atoms with E-state index in [2.05, 4.69) is 40.9 Å². The van der Waals surface area contributed by atoms with Crippen LogP contribution in [0.3, 0.4) is 0 Å². The highest BCUT2D eigenvalue weighted by molar-refractivity contribution is 5.31. The lowest BCUT2D eigenvalue weighted by molar-refractivity contribution is 0.493. The van der Waals surface area contributed by atoms with Gasteiger partial charge in [0.25, 0.3) is 0 Å². The Balaban J connectivity index is 1.62. The van der Waals surface area contributed by atoms with Gasteiger partial charge in [-0.2, -0.15) is 5.10 Å². The molecule has 20 heavy (non-hydrogen) atoms. The molecule has 0 spiro atoms. The van der Waals surface area contributed by atoms with Gasteiger partial charge in [-0.25, -0.2) is 0 Å². The van der Waals surface area contributed by atoms with E-state index in [9.17, 15) is 0 Å². The van der Waals surface area contributed by atoms with Crippen LogP contribution in [0.25, 0.3) is 0 Å². The molecule has 1 atom stereocenters. The molecule has 3 rings (SSSR count). The van der Waals surface area contributed by atoms with E-state index < -0.39 is 0 Å². The van der Waals surface area contributed by atoms with E-state index in [1.165, 1.54) is 42.4 Å². The summed E-state index contributed by atoms with van der Waals surface area (Å²) in [7, 11) is 1.97. The van der Waals surface area contributed by atoms with Crippen molar-refractivity contribution in [3.63, 3.8) is 0 Å². The second kappa shape index (κ2) is 6.23. The number of hydrogen-bond donors (Lipinski definition) is 1. The number of fused-ring (bicyclic) bond motifs is 1. The molecule has 1 heterocycles. The van der Waals surface area contributed by atoms with Gasteiger partial charge >= 0.3 is 0 Å². The van der Waals surface area contributed by atoms with Crippen molar-refractivity contribution in [1.82, 2.24) is 15.1 Å². The van der Waals surface area contributed by atoms with Crippen LogP contribution in [0.5, 0.6) is 0 Å². The molecule has 3 nitrogen and oxygen atoms in total. The predicted octanol–water partition coefficient (Wildman–Crippen LogP) is 3.02. The number of rotatable bonds is 4. The standard InChI is InChI=1S/C17H23N3/c1-20-13-14(12-19-20)10-11-18-17-9-5-3-7-15-6-2-4-8-16(15)17/h2,4,6,8,12-13,17-18H,3,5,7,9-11H2,1H3. The van der Waals surface area contributed by atoms with Gasteiger partial charge < -0.3 is 5.32 Å². The van der Waals surface area contributed by atoms with Gasteiger partial charge in [-0.05, 0) is 48.9 Å². The number of hydrogen-bond acceptors (Lipinski definition) is 2. The van der Waals surface area contributed by atoms with E-state index in [0.717, 1.165) is 13.0 Å². The number of aromatic nitrogens is 2. The van der Waals surface area contributed by atoms with Gasteiger partial charge in [0.05, 0.1) is 6.20 Å². The maximum Gasteiger partial charge on any atom is 0.0522 e. The highest BCUT2D eigenvalue weighted by Gasteiger charge is 2.17. The van der Waals surface area contributed by atoms with E-state index in [1.54, 1.807) is 0 Å². The van der Waals surface area contributed by atoms with Crippen molar-refractivity contribution < 1.29 is 0 Å². The number of aryl methyl sites for hydroxylation is 2. The monoisotopic (exact) mass is 269 g/mol. The van der Waals surface area contributed by atoms with Crippen LogP contribution in [0.2, 0.25) is 0 Å². The zero-order valence-corrected chi connectivity index (χ0v) is 12.2. The lowest BCUT2D eigenvalue weighted by atomic mass is 9.99. The molecule has 3 heteroatoms. The third kappa shape index (κ3) is 3.10. The summed E-state index contributed by atoms with van der Waals surface area (Å²) < 4.78 is 1.87. The average molecular weight is 269 g/mol. The number of nitrogens with one attached hydrogen (secondary N) is 1. The van der Waals surface area contributed by atoms with Gasteiger partial charge in [-0.3, -0.25) is 4.68 Å². The molecule has 1 aliphatic rings. The topological polar surface area (TPSA) is 29.9 Å². The van der Waals surface area contributed by atoms with Crippen LogP contribution >= 0.6 is 0 Å². The van der Waals surface area contributed by atoms with Gasteiger partial charge in [0.2, 0.25) is 0 Å². The van der Waals surface area contributed by atoms with Crippen molar-refractivity contribution in [3.8, 4) is 0 Å². The molecule has 0 bridgehead atoms. The molecule has 1 N–H and O–H groups in total. The fraction of sp³-hybridized carbons (Fsp3) is 0.471. The molecule has 0 radical (unpaired) electrons. The van der Waals surface area contributed by atoms with E-state index in [4.69, 9.17) is 0 Å². The first-order valence-electron chi connectivity index (χ1n) is 7.61. The minimum Gasteiger partial charge on any atom is -0.310 e. The summed E-state index contributed by atoms with van der Waals surface area (Å²) in [6.07, 6.45) is 10.2. The predicted molar refractivity (Wildman–Crippen MR) is 81.7 cm³/mol. The van der Waals surface area contributed by atoms with Gasteiger partial charge in [-0.15, -0.1) is 0 Å². The quantitative estimate of drug-likeness (QED) is 0.865. The molecule has 1 aliphatic carbocycles. The van der Waals surface area contributed by atoms with Gasteiger partial charge in [0.1, 0.15) is 0 Å². The maximum atomic E-state index is 4.22. The average Bonchev–Trinajstić information content (AvgIpc) is 2.76. The van der Waals surface area contributed by atoms with E-state index in [-0.39, 0.29) is 0 Å². The van der Waals surface area contributed by atoms with Crippen LogP contribution in [-0.4, -0.2) is 16.3 Å². The second-order valence-electron chi connectivity index (χ2n) is 5.72. The molecule has 0 fully saturated rings. The molecule has 0 saturated heterocycles. The Labute approximate surface area is 121 Å². The zero-order valence-electron chi connectivity index (χ0n) is 12.2. The van der Waals surface area contributed by atoms with E-state index in [1.807, 2.05) is 17.9 Å². The Hall–Kier alpha value is -1.61. The lowest BCUT2D eigenvalue weighted by Crippen LogP contribution is -2.23. The van der Waals surface area contributed by atoms with Crippen molar-refractivity contribution in [2.75, 3.05) is 6.54 Å². The minimum absolute atomic E-state index is 0.519. The molecular weight excluding hydrogens is 246 g/mol. The smallest absolute Gasteiger partial charge is 0.0522 e. The van der Waals surface area contributed by atoms with Crippen molar-refractivity contribution in [3.05, 3.63) is 53.3 Å². The lowest BCUT2D eigenvalue weighted by Gasteiger charge is -2.19. The van der Waals surface area contributed by atoms with Gasteiger partial charge in [0, 0.05) is 19.3 Å². The molecule has 1 aromatic heterocycles. The summed E-state index contributed by atoms with van der Waals surface area (Å²) in [5.41, 5.74) is 4.35. The minimum atomic E-state index is 0.519. The molecule has 2 aromatic rings. The molecule has 0 saturated carbocycles. The van der Waals surface area contributed by atoms with Crippen LogP contribution in [0.4, 0.5) is 0 Å². The molecule has 0 aliphatic heterocycles. The highest BCUT2D eigenvalue weighted by Crippen LogP contribution is 2.28. The molecular formula is C17H23N3. The van der Waals surface area contributed by atoms with Crippen molar-refractivity contribution in [1.29, 1.82) is 0 Å². The normalized spacial score (nSPS) is 18.6. The molecule has 1 aromatic carbocycles. The first-order chi connectivity index (χ1) is 9.83. The zero-order chi connectivity index (χ0) is 13.8. The first-order valence-corrected chi connectivity index (χ1v) is 7.61. The summed E-state index contributed by atoms with van der Waals surface area (Å²) in [5, 5.41) is 7.96. The largest absolute Gasteiger partial charge is 0.310 e. The fourth-order valence-electron chi connectivity index (χ4n) is 3.12. The molecule has 106 valence electrons. The van der Waals surface area contributed by atoms with Gasteiger partial charge in [-0.1, -0.05) is 30.7 Å². The Bertz CT molecular complexity index is 559. The first kappa shape index (κ1) is 13.4. The fourth-order valence-corrected chi connectivity index (χ4v) is 3.12. The Kier molecular flexibility index (Phi) is 4.16. The third-order valence-corrected chi connectivity index (χ3v) is 4.18. The van der Waals surface area contributed by atoms with Crippen LogP contribution in [0, 0.1) is 0 Å². The summed E-state index contributed by atoms with van der Waals surface area (Å²) in [5.74, 6) is 0. The summed E-state index contributed by atoms with van der Waals surface area (Å²) in [6, 6.07) is 9.43. The summed E-state index contributed by atoms with van der Waals surface area (Å²) >= 11 is 0. The Morgan fingerprint density at radius 1 is 1.30 bits per heavy atom. The van der Waals surface area contributed by atoms with E-state index in [0.29, 0.717) is 6.04 Å².